The third-order valence-corrected chi connectivity index (χ3v) is 2.28. The quantitative estimate of drug-likeness (QED) is 0.522. The normalized spacial score (nSPS) is 17.0. The van der Waals surface area contributed by atoms with Gasteiger partial charge in [0.05, 0.1) is 6.33 Å². The summed E-state index contributed by atoms with van der Waals surface area (Å²) in [6, 6.07) is 0. The number of nitrogens with zero attached hydrogens (tertiary/aromatic N) is 2. The minimum Gasteiger partial charge on any atom is -0.391 e. The summed E-state index contributed by atoms with van der Waals surface area (Å²) in [5.41, 5.74) is 5.58. The average Bonchev–Trinajstić information content (AvgIpc) is 2.23. The highest BCUT2D eigenvalue weighted by atomic mass is 16.1. The highest BCUT2D eigenvalue weighted by Gasteiger charge is 2.15. The number of nitrogens with two attached hydrogens (primary N) is 1. The molecule has 0 aromatic carbocycles. The van der Waals surface area contributed by atoms with Gasteiger partial charge in [-0.05, 0) is 0 Å². The molecule has 1 saturated heterocycles. The standard InChI is InChI=1S/C8H13N5O/c9-6-7(11-5-12-8(6)14)13-3-1-10-2-4-13/h5,10H,1-4,9H2,(H,11,12,14). The molecule has 4 N–H and O–H groups in total. The van der Waals surface area contributed by atoms with Crippen molar-refractivity contribution in [3.8, 4) is 0 Å². The summed E-state index contributed by atoms with van der Waals surface area (Å²) in [6.07, 6.45) is 1.38. The van der Waals surface area contributed by atoms with Crippen molar-refractivity contribution in [1.82, 2.24) is 15.3 Å². The Morgan fingerprint density at radius 2 is 2.14 bits per heavy atom. The summed E-state index contributed by atoms with van der Waals surface area (Å²) in [5, 5.41) is 3.22. The number of H-pyrrole nitrogens is 1. The van der Waals surface area contributed by atoms with E-state index in [9.17, 15) is 4.79 Å². The second-order valence-corrected chi connectivity index (χ2v) is 3.21. The highest BCUT2D eigenvalue weighted by molar-refractivity contribution is 5.60. The van der Waals surface area contributed by atoms with Crippen molar-refractivity contribution in [2.24, 2.45) is 0 Å². The molecule has 14 heavy (non-hydrogen) atoms. The van der Waals surface area contributed by atoms with E-state index in [0.29, 0.717) is 5.82 Å². The molecule has 1 aliphatic rings. The largest absolute Gasteiger partial charge is 0.391 e. The number of aromatic nitrogens is 2. The molecule has 0 bridgehead atoms. The zero-order valence-corrected chi connectivity index (χ0v) is 7.79. The van der Waals surface area contributed by atoms with Crippen molar-refractivity contribution in [3.63, 3.8) is 0 Å². The monoisotopic (exact) mass is 195 g/mol. The number of aromatic amines is 1. The number of anilines is 2. The lowest BCUT2D eigenvalue weighted by molar-refractivity contribution is 0.585. The van der Waals surface area contributed by atoms with Crippen LogP contribution >= 0.6 is 0 Å². The maximum atomic E-state index is 11.2. The molecular formula is C8H13N5O. The average molecular weight is 195 g/mol. The number of hydrogen-bond donors (Lipinski definition) is 3. The molecule has 76 valence electrons. The fourth-order valence-electron chi connectivity index (χ4n) is 1.53. The van der Waals surface area contributed by atoms with Crippen molar-refractivity contribution in [2.45, 2.75) is 0 Å². The van der Waals surface area contributed by atoms with Gasteiger partial charge in [0, 0.05) is 26.2 Å². The molecule has 6 heteroatoms. The maximum absolute atomic E-state index is 11.2. The van der Waals surface area contributed by atoms with Gasteiger partial charge in [0.1, 0.15) is 5.69 Å². The topological polar surface area (TPSA) is 87.0 Å². The zero-order chi connectivity index (χ0) is 9.97. The zero-order valence-electron chi connectivity index (χ0n) is 7.79. The van der Waals surface area contributed by atoms with Crippen LogP contribution < -0.4 is 21.5 Å². The van der Waals surface area contributed by atoms with Crippen LogP contribution in [0.2, 0.25) is 0 Å². The van der Waals surface area contributed by atoms with Crippen LogP contribution in [0.5, 0.6) is 0 Å². The van der Waals surface area contributed by atoms with Gasteiger partial charge in [-0.1, -0.05) is 0 Å². The first kappa shape index (κ1) is 9.01. The van der Waals surface area contributed by atoms with Crippen LogP contribution in [0.1, 0.15) is 0 Å². The minimum atomic E-state index is -0.270. The smallest absolute Gasteiger partial charge is 0.276 e. The fraction of sp³-hybridized carbons (Fsp3) is 0.500. The van der Waals surface area contributed by atoms with E-state index < -0.39 is 0 Å². The van der Waals surface area contributed by atoms with E-state index in [2.05, 4.69) is 15.3 Å². The summed E-state index contributed by atoms with van der Waals surface area (Å²) in [5.74, 6) is 0.593. The summed E-state index contributed by atoms with van der Waals surface area (Å²) < 4.78 is 0. The second-order valence-electron chi connectivity index (χ2n) is 3.21. The van der Waals surface area contributed by atoms with E-state index in [0.717, 1.165) is 26.2 Å². The van der Waals surface area contributed by atoms with E-state index in [1.54, 1.807) is 0 Å². The van der Waals surface area contributed by atoms with Crippen LogP contribution in [0.4, 0.5) is 11.5 Å². The van der Waals surface area contributed by atoms with Gasteiger partial charge in [-0.3, -0.25) is 4.79 Å². The molecule has 6 nitrogen and oxygen atoms in total. The van der Waals surface area contributed by atoms with Crippen LogP contribution in [0.3, 0.4) is 0 Å². The lowest BCUT2D eigenvalue weighted by atomic mass is 10.3. The van der Waals surface area contributed by atoms with Crippen molar-refractivity contribution in [3.05, 3.63) is 16.7 Å². The molecule has 0 amide bonds. The molecule has 1 aliphatic heterocycles. The molecule has 0 spiro atoms. The number of hydrogen-bond acceptors (Lipinski definition) is 5. The van der Waals surface area contributed by atoms with Crippen molar-refractivity contribution >= 4 is 11.5 Å². The molecule has 2 heterocycles. The van der Waals surface area contributed by atoms with Gasteiger partial charge in [0.2, 0.25) is 0 Å². The lowest BCUT2D eigenvalue weighted by Crippen LogP contribution is -2.44. The summed E-state index contributed by atoms with van der Waals surface area (Å²) >= 11 is 0. The Labute approximate surface area is 81.1 Å². The lowest BCUT2D eigenvalue weighted by Gasteiger charge is -2.28. The minimum absolute atomic E-state index is 0.203. The van der Waals surface area contributed by atoms with Gasteiger partial charge in [-0.2, -0.15) is 0 Å². The Bertz CT molecular complexity index is 368. The Morgan fingerprint density at radius 3 is 2.86 bits per heavy atom. The number of rotatable bonds is 1. The first-order valence-corrected chi connectivity index (χ1v) is 4.58. The molecule has 1 aromatic rings. The van der Waals surface area contributed by atoms with Crippen molar-refractivity contribution in [2.75, 3.05) is 36.8 Å². The number of piperazine rings is 1. The van der Waals surface area contributed by atoms with Crippen molar-refractivity contribution < 1.29 is 0 Å². The number of nitrogens with one attached hydrogen (secondary N) is 2. The third-order valence-electron chi connectivity index (χ3n) is 2.28. The van der Waals surface area contributed by atoms with Crippen LogP contribution in [0, 0.1) is 0 Å². The summed E-state index contributed by atoms with van der Waals surface area (Å²) in [6.45, 7) is 3.46. The van der Waals surface area contributed by atoms with Gasteiger partial charge in [0.15, 0.2) is 5.82 Å². The summed E-state index contributed by atoms with van der Waals surface area (Å²) in [7, 11) is 0. The molecule has 0 atom stereocenters. The fourth-order valence-corrected chi connectivity index (χ4v) is 1.53. The van der Waals surface area contributed by atoms with Gasteiger partial charge >= 0.3 is 0 Å². The Hall–Kier alpha value is -1.56. The predicted octanol–water partition coefficient (Wildman–Crippen LogP) is -1.24. The molecule has 0 unspecified atom stereocenters. The second kappa shape index (κ2) is 3.67. The van der Waals surface area contributed by atoms with Gasteiger partial charge in [-0.15, -0.1) is 0 Å². The van der Waals surface area contributed by atoms with Crippen LogP contribution in [0.25, 0.3) is 0 Å². The highest BCUT2D eigenvalue weighted by Crippen LogP contribution is 2.14. The van der Waals surface area contributed by atoms with E-state index >= 15 is 0 Å². The van der Waals surface area contributed by atoms with E-state index in [4.69, 9.17) is 5.73 Å². The Balaban J connectivity index is 2.30. The van der Waals surface area contributed by atoms with Crippen molar-refractivity contribution in [1.29, 1.82) is 0 Å². The van der Waals surface area contributed by atoms with Crippen LogP contribution in [0.15, 0.2) is 11.1 Å². The van der Waals surface area contributed by atoms with Gasteiger partial charge in [0.25, 0.3) is 5.56 Å². The first-order chi connectivity index (χ1) is 6.79. The Morgan fingerprint density at radius 1 is 1.43 bits per heavy atom. The first-order valence-electron chi connectivity index (χ1n) is 4.58. The molecule has 1 fully saturated rings. The molecule has 0 radical (unpaired) electrons. The number of nitrogen functional groups attached to an aromatic ring is 1. The molecular weight excluding hydrogens is 182 g/mol. The maximum Gasteiger partial charge on any atom is 0.276 e. The van der Waals surface area contributed by atoms with Gasteiger partial charge in [-0.25, -0.2) is 4.98 Å². The van der Waals surface area contributed by atoms with Crippen LogP contribution in [-0.2, 0) is 0 Å². The van der Waals surface area contributed by atoms with Gasteiger partial charge < -0.3 is 20.9 Å². The molecule has 0 saturated carbocycles. The van der Waals surface area contributed by atoms with E-state index in [1.807, 2.05) is 4.90 Å². The molecule has 0 aliphatic carbocycles. The SMILES string of the molecule is Nc1c(N2CCNCC2)nc[nH]c1=O. The molecule has 1 aromatic heterocycles. The summed E-state index contributed by atoms with van der Waals surface area (Å²) in [4.78, 5) is 19.8. The third kappa shape index (κ3) is 1.56. The molecule has 2 rings (SSSR count). The Kier molecular flexibility index (Phi) is 2.36. The van der Waals surface area contributed by atoms with E-state index in [1.165, 1.54) is 6.33 Å². The van der Waals surface area contributed by atoms with E-state index in [-0.39, 0.29) is 11.2 Å². The van der Waals surface area contributed by atoms with Crippen LogP contribution in [-0.4, -0.2) is 36.1 Å². The predicted molar refractivity (Wildman–Crippen MR) is 54.4 cm³/mol.